The van der Waals surface area contributed by atoms with Gasteiger partial charge in [0.05, 0.1) is 40.1 Å². The summed E-state index contributed by atoms with van der Waals surface area (Å²) in [6, 6.07) is 14.7. The highest BCUT2D eigenvalue weighted by Gasteiger charge is 2.23. The molecule has 3 N–H and O–H groups in total. The van der Waals surface area contributed by atoms with Crippen LogP contribution in [-0.4, -0.2) is 96.6 Å². The van der Waals surface area contributed by atoms with E-state index in [0.29, 0.717) is 35.4 Å². The monoisotopic (exact) mass is 626 g/mol. The molecule has 1 aromatic heterocycles. The normalized spacial score (nSPS) is 12.6. The Morgan fingerprint density at radius 1 is 1.00 bits per heavy atom. The van der Waals surface area contributed by atoms with Crippen LogP contribution in [0.25, 0.3) is 10.9 Å². The number of nitrogens with one attached hydrogen (secondary N) is 3. The molecule has 236 valence electrons. The van der Waals surface area contributed by atoms with Gasteiger partial charge in [-0.1, -0.05) is 6.07 Å². The topological polar surface area (TPSA) is 129 Å². The number of anilines is 3. The van der Waals surface area contributed by atoms with Crippen LogP contribution >= 0.6 is 0 Å². The molecule has 0 aliphatic rings. The van der Waals surface area contributed by atoms with Gasteiger partial charge < -0.3 is 29.9 Å². The number of sulfone groups is 1. The number of rotatable bonds is 14. The molecule has 0 fully saturated rings. The third kappa shape index (κ3) is 7.53. The van der Waals surface area contributed by atoms with E-state index in [4.69, 9.17) is 9.47 Å². The van der Waals surface area contributed by atoms with E-state index in [1.54, 1.807) is 26.4 Å². The molecule has 0 aliphatic carbocycles. The number of methoxy groups -OCH3 is 2. The predicted molar refractivity (Wildman–Crippen MR) is 170 cm³/mol. The van der Waals surface area contributed by atoms with Crippen molar-refractivity contribution in [3.8, 4) is 0 Å². The largest absolute Gasteiger partial charge is 0.382 e. The highest BCUT2D eigenvalue weighted by molar-refractivity contribution is 7.91. The fourth-order valence-electron chi connectivity index (χ4n) is 4.93. The Bertz CT molecular complexity index is 1700. The van der Waals surface area contributed by atoms with Crippen molar-refractivity contribution >= 4 is 43.8 Å². The van der Waals surface area contributed by atoms with Gasteiger partial charge in [0.2, 0.25) is 9.84 Å². The van der Waals surface area contributed by atoms with Gasteiger partial charge in [0.25, 0.3) is 5.91 Å². The molecule has 0 aliphatic heterocycles. The summed E-state index contributed by atoms with van der Waals surface area (Å²) in [7, 11) is 5.20. The van der Waals surface area contributed by atoms with Crippen LogP contribution in [0.15, 0.2) is 70.5 Å². The van der Waals surface area contributed by atoms with Crippen LogP contribution in [0.1, 0.15) is 17.3 Å². The van der Waals surface area contributed by atoms with Crippen molar-refractivity contribution in [3.05, 3.63) is 72.0 Å². The predicted octanol–water partition coefficient (Wildman–Crippen LogP) is 4.25. The lowest BCUT2D eigenvalue weighted by Gasteiger charge is -2.30. The second-order valence-corrected chi connectivity index (χ2v) is 12.8. The summed E-state index contributed by atoms with van der Waals surface area (Å²) in [4.78, 5) is 17.7. The van der Waals surface area contributed by atoms with E-state index < -0.39 is 21.6 Å². The van der Waals surface area contributed by atoms with Crippen molar-refractivity contribution in [1.82, 2.24) is 15.1 Å². The third-order valence-corrected chi connectivity index (χ3v) is 8.97. The van der Waals surface area contributed by atoms with Crippen LogP contribution < -0.4 is 15.5 Å². The van der Waals surface area contributed by atoms with Crippen LogP contribution in [0.4, 0.5) is 21.6 Å². The minimum absolute atomic E-state index is 0.0592. The van der Waals surface area contributed by atoms with Crippen molar-refractivity contribution < 1.29 is 27.1 Å². The lowest BCUT2D eigenvalue weighted by Crippen LogP contribution is -2.37. The first-order chi connectivity index (χ1) is 20.9. The van der Waals surface area contributed by atoms with Crippen molar-refractivity contribution in [3.63, 3.8) is 0 Å². The number of aromatic amines is 1. The lowest BCUT2D eigenvalue weighted by molar-refractivity contribution is 0.102. The summed E-state index contributed by atoms with van der Waals surface area (Å²) >= 11 is 0. The fraction of sp³-hybridized carbons (Fsp3) is 0.355. The van der Waals surface area contributed by atoms with E-state index in [0.717, 1.165) is 18.3 Å². The first kappa shape index (κ1) is 32.9. The second kappa shape index (κ2) is 14.2. The van der Waals surface area contributed by atoms with Gasteiger partial charge in [-0.05, 0) is 75.6 Å². The molecule has 1 unspecified atom stereocenters. The smallest absolute Gasteiger partial charge is 0.258 e. The average molecular weight is 627 g/mol. The van der Waals surface area contributed by atoms with Crippen molar-refractivity contribution in [2.45, 2.75) is 28.8 Å². The number of halogens is 1. The maximum Gasteiger partial charge on any atom is 0.258 e. The Morgan fingerprint density at radius 3 is 2.36 bits per heavy atom. The van der Waals surface area contributed by atoms with Gasteiger partial charge in [0, 0.05) is 50.6 Å². The quantitative estimate of drug-likeness (QED) is 0.188. The fourth-order valence-corrected chi connectivity index (χ4v) is 6.25. The van der Waals surface area contributed by atoms with Gasteiger partial charge in [-0.15, -0.1) is 0 Å². The van der Waals surface area contributed by atoms with Gasteiger partial charge in [0.1, 0.15) is 5.82 Å². The maximum atomic E-state index is 13.8. The summed E-state index contributed by atoms with van der Waals surface area (Å²) in [6.07, 6.45) is 0. The Kier molecular flexibility index (Phi) is 10.6. The average Bonchev–Trinajstić information content (AvgIpc) is 3.38. The van der Waals surface area contributed by atoms with E-state index in [9.17, 15) is 17.6 Å². The molecule has 1 heterocycles. The number of hydrogen-bond donors (Lipinski definition) is 3. The van der Waals surface area contributed by atoms with E-state index in [1.807, 2.05) is 33.3 Å². The number of likely N-dealkylation sites (N-methyl/N-ethyl adjacent to an activating group) is 2. The number of carbonyl (C=O) groups is 1. The highest BCUT2D eigenvalue weighted by atomic mass is 32.2. The molecule has 0 saturated carbocycles. The van der Waals surface area contributed by atoms with E-state index in [1.165, 1.54) is 30.3 Å². The van der Waals surface area contributed by atoms with Crippen LogP contribution in [0.5, 0.6) is 0 Å². The van der Waals surface area contributed by atoms with Gasteiger partial charge >= 0.3 is 0 Å². The van der Waals surface area contributed by atoms with Gasteiger partial charge in [0.15, 0.2) is 5.82 Å². The van der Waals surface area contributed by atoms with Crippen molar-refractivity contribution in [1.29, 1.82) is 0 Å². The molecular formula is C31H39FN6O5S. The SMILES string of the molecule is COCC(COC)Nc1cc(N(C)C(C)CN(C)C)ccc1C(=O)Nc1n[nH]c2ccc(S(=O)(=O)c3cccc(F)c3)cc12. The molecule has 3 aromatic carbocycles. The van der Waals surface area contributed by atoms with Gasteiger partial charge in [-0.2, -0.15) is 5.10 Å². The van der Waals surface area contributed by atoms with E-state index in [-0.39, 0.29) is 27.7 Å². The maximum absolute atomic E-state index is 13.8. The zero-order valence-corrected chi connectivity index (χ0v) is 26.5. The van der Waals surface area contributed by atoms with E-state index in [2.05, 4.69) is 37.6 Å². The number of aromatic nitrogens is 2. The summed E-state index contributed by atoms with van der Waals surface area (Å²) in [5, 5.41) is 13.7. The Labute approximate surface area is 257 Å². The van der Waals surface area contributed by atoms with Crippen LogP contribution in [0, 0.1) is 5.82 Å². The van der Waals surface area contributed by atoms with Crippen LogP contribution in [0.2, 0.25) is 0 Å². The zero-order chi connectivity index (χ0) is 32.0. The van der Waals surface area contributed by atoms with E-state index >= 15 is 0 Å². The Hall–Kier alpha value is -4.04. The summed E-state index contributed by atoms with van der Waals surface area (Å²) in [5.41, 5.74) is 2.34. The first-order valence-corrected chi connectivity index (χ1v) is 15.5. The molecule has 0 saturated heterocycles. The molecule has 4 aromatic rings. The highest BCUT2D eigenvalue weighted by Crippen LogP contribution is 2.30. The number of ether oxygens (including phenoxy) is 2. The van der Waals surface area contributed by atoms with Crippen LogP contribution in [0.3, 0.4) is 0 Å². The number of H-pyrrole nitrogens is 1. The van der Waals surface area contributed by atoms with Crippen molar-refractivity contribution in [2.24, 2.45) is 0 Å². The summed E-state index contributed by atoms with van der Waals surface area (Å²) in [5.74, 6) is -0.961. The number of carbonyl (C=O) groups excluding carboxylic acids is 1. The molecule has 0 radical (unpaired) electrons. The van der Waals surface area contributed by atoms with Crippen molar-refractivity contribution in [2.75, 3.05) is 70.7 Å². The van der Waals surface area contributed by atoms with Crippen LogP contribution in [-0.2, 0) is 19.3 Å². The molecule has 11 nitrogen and oxygen atoms in total. The minimum atomic E-state index is -4.02. The van der Waals surface area contributed by atoms with Gasteiger partial charge in [-0.3, -0.25) is 9.89 Å². The summed E-state index contributed by atoms with van der Waals surface area (Å²) < 4.78 is 51.0. The molecule has 1 amide bonds. The molecular weight excluding hydrogens is 587 g/mol. The molecule has 44 heavy (non-hydrogen) atoms. The standard InChI is InChI=1S/C31H39FN6O5S/c1-20(17-37(2)3)38(4)23-10-12-26(29(15-23)33-22(18-42-5)19-43-6)31(39)34-30-27-16-25(11-13-28(27)35-36-30)44(40,41)24-9-7-8-21(32)14-24/h7-16,20,22,33H,17-19H2,1-6H3,(H2,34,35,36,39). The third-order valence-electron chi connectivity index (χ3n) is 7.22. The molecule has 13 heteroatoms. The number of hydrogen-bond acceptors (Lipinski definition) is 9. The molecule has 0 spiro atoms. The van der Waals surface area contributed by atoms with Gasteiger partial charge in [-0.25, -0.2) is 12.8 Å². The second-order valence-electron chi connectivity index (χ2n) is 10.9. The number of amides is 1. The number of benzene rings is 3. The Balaban J connectivity index is 1.68. The molecule has 1 atom stereocenters. The molecule has 0 bridgehead atoms. The number of fused-ring (bicyclic) bond motifs is 1. The molecule has 4 rings (SSSR count). The zero-order valence-electron chi connectivity index (χ0n) is 25.7. The Morgan fingerprint density at radius 2 is 1.70 bits per heavy atom. The lowest BCUT2D eigenvalue weighted by atomic mass is 10.1. The summed E-state index contributed by atoms with van der Waals surface area (Å²) in [6.45, 7) is 3.65. The number of nitrogens with zero attached hydrogens (tertiary/aromatic N) is 3. The first-order valence-electron chi connectivity index (χ1n) is 14.0. The minimum Gasteiger partial charge on any atom is -0.382 e.